The van der Waals surface area contributed by atoms with Crippen molar-refractivity contribution in [2.45, 2.75) is 96.8 Å². The third-order valence-electron chi connectivity index (χ3n) is 6.79. The van der Waals surface area contributed by atoms with Crippen molar-refractivity contribution in [3.63, 3.8) is 0 Å². The third-order valence-corrected chi connectivity index (χ3v) is 8.57. The van der Waals surface area contributed by atoms with Crippen LogP contribution in [0.2, 0.25) is 0 Å². The Balaban J connectivity index is 4.15. The second-order valence-corrected chi connectivity index (χ2v) is 15.1. The summed E-state index contributed by atoms with van der Waals surface area (Å²) >= 11 is 0. The molecule has 8 heteroatoms. The number of hydrogen-bond donors (Lipinski definition) is 0. The zero-order valence-corrected chi connectivity index (χ0v) is 28.2. The van der Waals surface area contributed by atoms with E-state index in [1.807, 2.05) is 6.08 Å². The number of allylic oxidation sites excluding steroid dienone is 1. The van der Waals surface area contributed by atoms with Crippen LogP contribution in [0.3, 0.4) is 0 Å². The highest BCUT2D eigenvalue weighted by atomic mass is 31.2. The predicted molar refractivity (Wildman–Crippen MR) is 166 cm³/mol. The molecule has 0 saturated heterocycles. The molecule has 7 nitrogen and oxygen atoms in total. The van der Waals surface area contributed by atoms with Gasteiger partial charge in [0.1, 0.15) is 38.7 Å². The summed E-state index contributed by atoms with van der Waals surface area (Å²) in [5.74, 6) is 0.672. The van der Waals surface area contributed by atoms with Crippen molar-refractivity contribution in [2.75, 3.05) is 95.1 Å². The quantitative estimate of drug-likeness (QED) is 0.0413. The first-order chi connectivity index (χ1) is 18.4. The largest absolute Gasteiger partial charge is 0.499 e. The fourth-order valence-corrected chi connectivity index (χ4v) is 5.47. The molecule has 0 aromatic heterocycles. The van der Waals surface area contributed by atoms with Crippen molar-refractivity contribution in [2.24, 2.45) is 0 Å². The maximum atomic E-state index is 13.4. The molecule has 0 bridgehead atoms. The summed E-state index contributed by atoms with van der Waals surface area (Å²) in [5.41, 5.74) is 0. The van der Waals surface area contributed by atoms with Crippen LogP contribution in [-0.2, 0) is 23.1 Å². The second kappa shape index (κ2) is 23.2. The zero-order valence-electron chi connectivity index (χ0n) is 27.3. The van der Waals surface area contributed by atoms with Crippen molar-refractivity contribution in [1.29, 1.82) is 0 Å². The van der Waals surface area contributed by atoms with Crippen LogP contribution < -0.4 is 0 Å². The fraction of sp³-hybridized carbons (Fsp3) is 0.935. The van der Waals surface area contributed by atoms with Gasteiger partial charge in [0.25, 0.3) is 0 Å². The Hall–Kier alpha value is -0.430. The van der Waals surface area contributed by atoms with Crippen LogP contribution in [0.25, 0.3) is 0 Å². The van der Waals surface area contributed by atoms with Crippen LogP contribution in [0.5, 0.6) is 0 Å². The van der Waals surface area contributed by atoms with Crippen LogP contribution in [0.1, 0.15) is 96.8 Å². The molecule has 0 aliphatic rings. The van der Waals surface area contributed by atoms with Crippen molar-refractivity contribution in [3.8, 4) is 0 Å². The molecule has 0 atom stereocenters. The van der Waals surface area contributed by atoms with E-state index in [0.29, 0.717) is 25.6 Å². The number of methoxy groups -OCH3 is 1. The minimum atomic E-state index is -3.27. The Labute approximate surface area is 243 Å². The molecule has 0 aromatic rings. The Morgan fingerprint density at radius 2 is 1.05 bits per heavy atom. The van der Waals surface area contributed by atoms with E-state index in [-0.39, 0.29) is 6.16 Å². The Morgan fingerprint density at radius 3 is 1.44 bits per heavy atom. The molecule has 0 rings (SSSR count). The standard InChI is InChI=1S/C31H67N2O5P/c1-9-10-11-12-13-14-15-16-17-18-19-20-21-22-26-36-30-31(35-8)23-29-39(34,37-27-24-32(2,3)4)38-28-25-33(5,6)7/h23H,9-22,24-30H2,1-8H3/q+2. The van der Waals surface area contributed by atoms with Gasteiger partial charge in [-0.05, 0) is 12.5 Å². The van der Waals surface area contributed by atoms with Gasteiger partial charge in [0.05, 0.1) is 55.6 Å². The van der Waals surface area contributed by atoms with Gasteiger partial charge >= 0.3 is 7.60 Å². The third kappa shape index (κ3) is 27.5. The number of unbranched alkanes of at least 4 members (excludes halogenated alkanes) is 13. The molecule has 234 valence electrons. The van der Waals surface area contributed by atoms with Gasteiger partial charge in [-0.25, -0.2) is 0 Å². The van der Waals surface area contributed by atoms with Crippen LogP contribution in [0, 0.1) is 0 Å². The molecule has 0 saturated carbocycles. The minimum Gasteiger partial charge on any atom is -0.499 e. The Bertz CT molecular complexity index is 620. The monoisotopic (exact) mass is 578 g/mol. The van der Waals surface area contributed by atoms with E-state index in [9.17, 15) is 4.57 Å². The van der Waals surface area contributed by atoms with E-state index in [1.54, 1.807) is 7.11 Å². The lowest BCUT2D eigenvalue weighted by Crippen LogP contribution is -2.38. The predicted octanol–water partition coefficient (Wildman–Crippen LogP) is 7.65. The average Bonchev–Trinajstić information content (AvgIpc) is 2.84. The summed E-state index contributed by atoms with van der Waals surface area (Å²) < 4.78 is 37.9. The lowest BCUT2D eigenvalue weighted by atomic mass is 10.0. The van der Waals surface area contributed by atoms with Gasteiger partial charge in [-0.2, -0.15) is 0 Å². The SMILES string of the molecule is CCCCCCCCCCCCCCCCOCC(=CCP(=O)(OCC[N+](C)(C)C)OCC[N+](C)(C)C)OC. The lowest BCUT2D eigenvalue weighted by Gasteiger charge is -2.27. The van der Waals surface area contributed by atoms with Gasteiger partial charge in [0, 0.05) is 6.61 Å². The molecule has 0 N–H and O–H groups in total. The van der Waals surface area contributed by atoms with Gasteiger partial charge in [0.2, 0.25) is 0 Å². The molecule has 0 aliphatic heterocycles. The molecule has 0 heterocycles. The molecule has 0 spiro atoms. The molecule has 0 radical (unpaired) electrons. The summed E-state index contributed by atoms with van der Waals surface area (Å²) in [6, 6.07) is 0. The van der Waals surface area contributed by atoms with Gasteiger partial charge in [-0.1, -0.05) is 90.4 Å². The number of likely N-dealkylation sites (N-methyl/N-ethyl adjacent to an activating group) is 2. The van der Waals surface area contributed by atoms with Gasteiger partial charge < -0.3 is 27.5 Å². The van der Waals surface area contributed by atoms with Gasteiger partial charge in [-0.3, -0.25) is 4.57 Å². The van der Waals surface area contributed by atoms with E-state index in [4.69, 9.17) is 18.5 Å². The van der Waals surface area contributed by atoms with Crippen molar-refractivity contribution >= 4 is 7.60 Å². The molecule has 0 aromatic carbocycles. The number of ether oxygens (including phenoxy) is 2. The molecule has 0 unspecified atom stereocenters. The molecule has 0 aliphatic carbocycles. The Morgan fingerprint density at radius 1 is 0.641 bits per heavy atom. The molecule has 39 heavy (non-hydrogen) atoms. The molecular formula is C31H67N2O5P+2. The second-order valence-electron chi connectivity index (χ2n) is 13.0. The van der Waals surface area contributed by atoms with E-state index in [2.05, 4.69) is 49.2 Å². The minimum absolute atomic E-state index is 0.187. The number of rotatable bonds is 28. The number of quaternary nitrogens is 2. The lowest BCUT2D eigenvalue weighted by molar-refractivity contribution is -0.870. The highest BCUT2D eigenvalue weighted by Gasteiger charge is 2.26. The van der Waals surface area contributed by atoms with E-state index in [1.165, 1.54) is 83.5 Å². The maximum Gasteiger partial charge on any atom is 0.334 e. The highest BCUT2D eigenvalue weighted by molar-refractivity contribution is 7.54. The van der Waals surface area contributed by atoms with Gasteiger partial charge in [0.15, 0.2) is 0 Å². The van der Waals surface area contributed by atoms with Crippen LogP contribution in [0.4, 0.5) is 0 Å². The fourth-order valence-electron chi connectivity index (χ4n) is 4.04. The molecule has 0 amide bonds. The van der Waals surface area contributed by atoms with Crippen molar-refractivity contribution < 1.29 is 32.1 Å². The first kappa shape index (κ1) is 38.6. The summed E-state index contributed by atoms with van der Waals surface area (Å²) in [6.07, 6.45) is 20.9. The molecule has 0 fully saturated rings. The highest BCUT2D eigenvalue weighted by Crippen LogP contribution is 2.48. The number of hydrogen-bond acceptors (Lipinski definition) is 5. The average molecular weight is 579 g/mol. The topological polar surface area (TPSA) is 54.0 Å². The summed E-state index contributed by atoms with van der Waals surface area (Å²) in [7, 11) is 10.9. The van der Waals surface area contributed by atoms with Crippen molar-refractivity contribution in [1.82, 2.24) is 0 Å². The first-order valence-electron chi connectivity index (χ1n) is 15.7. The summed E-state index contributed by atoms with van der Waals surface area (Å²) in [6.45, 7) is 5.66. The van der Waals surface area contributed by atoms with Crippen LogP contribution in [0.15, 0.2) is 11.8 Å². The zero-order chi connectivity index (χ0) is 29.5. The van der Waals surface area contributed by atoms with E-state index in [0.717, 1.165) is 35.1 Å². The smallest absolute Gasteiger partial charge is 0.334 e. The van der Waals surface area contributed by atoms with Gasteiger partial charge in [-0.15, -0.1) is 0 Å². The first-order valence-corrected chi connectivity index (χ1v) is 17.4. The van der Waals surface area contributed by atoms with E-state index >= 15 is 0 Å². The molecular weight excluding hydrogens is 511 g/mol. The summed E-state index contributed by atoms with van der Waals surface area (Å²) in [4.78, 5) is 0. The number of nitrogens with zero attached hydrogens (tertiary/aromatic N) is 2. The maximum absolute atomic E-state index is 13.4. The van der Waals surface area contributed by atoms with Crippen LogP contribution in [-0.4, -0.2) is 104 Å². The van der Waals surface area contributed by atoms with E-state index < -0.39 is 7.60 Å². The summed E-state index contributed by atoms with van der Waals surface area (Å²) in [5, 5.41) is 0. The van der Waals surface area contributed by atoms with Crippen LogP contribution >= 0.6 is 7.60 Å². The Kier molecular flexibility index (Phi) is 22.9. The normalized spacial score (nSPS) is 13.3. The van der Waals surface area contributed by atoms with Crippen molar-refractivity contribution in [3.05, 3.63) is 11.8 Å².